The van der Waals surface area contributed by atoms with Gasteiger partial charge in [0.2, 0.25) is 0 Å². The van der Waals surface area contributed by atoms with Crippen molar-refractivity contribution in [1.82, 2.24) is 14.8 Å². The molecule has 4 nitrogen and oxygen atoms in total. The Kier molecular flexibility index (Phi) is 4.23. The van der Waals surface area contributed by atoms with E-state index in [-0.39, 0.29) is 5.78 Å². The van der Waals surface area contributed by atoms with Crippen LogP contribution in [0, 0.1) is 0 Å². The monoisotopic (exact) mass is 243 g/mol. The molecule has 0 fully saturated rings. The first kappa shape index (κ1) is 12.5. The summed E-state index contributed by atoms with van der Waals surface area (Å²) in [5.74, 6) is 0.245. The lowest BCUT2D eigenvalue weighted by molar-refractivity contribution is -0.118. The van der Waals surface area contributed by atoms with Gasteiger partial charge in [-0.1, -0.05) is 6.07 Å². The van der Waals surface area contributed by atoms with Gasteiger partial charge in [0, 0.05) is 38.0 Å². The number of nitrogens with zero attached hydrogens (tertiary/aromatic N) is 3. The molecule has 18 heavy (non-hydrogen) atoms. The van der Waals surface area contributed by atoms with Gasteiger partial charge in [0.25, 0.3) is 0 Å². The molecule has 2 aromatic heterocycles. The topological polar surface area (TPSA) is 47.8 Å². The van der Waals surface area contributed by atoms with Crippen molar-refractivity contribution in [1.29, 1.82) is 0 Å². The van der Waals surface area contributed by atoms with Crippen molar-refractivity contribution in [3.05, 3.63) is 48.0 Å². The van der Waals surface area contributed by atoms with Gasteiger partial charge in [-0.05, 0) is 30.5 Å². The van der Waals surface area contributed by atoms with Crippen molar-refractivity contribution in [2.24, 2.45) is 0 Å². The number of ketones is 1. The van der Waals surface area contributed by atoms with Gasteiger partial charge in [0.05, 0.1) is 6.20 Å². The van der Waals surface area contributed by atoms with E-state index in [2.05, 4.69) is 10.1 Å². The number of hydrogen-bond donors (Lipinski definition) is 0. The maximum absolute atomic E-state index is 11.8. The Balaban J connectivity index is 1.82. The van der Waals surface area contributed by atoms with Crippen LogP contribution >= 0.6 is 0 Å². The number of rotatable bonds is 6. The fourth-order valence-electron chi connectivity index (χ4n) is 1.82. The highest BCUT2D eigenvalue weighted by atomic mass is 16.1. The van der Waals surface area contributed by atoms with E-state index in [4.69, 9.17) is 0 Å². The maximum atomic E-state index is 11.8. The Morgan fingerprint density at radius 1 is 1.33 bits per heavy atom. The Labute approximate surface area is 107 Å². The van der Waals surface area contributed by atoms with Crippen molar-refractivity contribution in [3.63, 3.8) is 0 Å². The minimum absolute atomic E-state index is 0.245. The van der Waals surface area contributed by atoms with Crippen LogP contribution in [0.25, 0.3) is 0 Å². The van der Waals surface area contributed by atoms with E-state index in [9.17, 15) is 4.79 Å². The van der Waals surface area contributed by atoms with Crippen LogP contribution in [0.2, 0.25) is 0 Å². The third-order valence-electron chi connectivity index (χ3n) is 2.83. The summed E-state index contributed by atoms with van der Waals surface area (Å²) in [6, 6.07) is 3.89. The van der Waals surface area contributed by atoms with Gasteiger partial charge in [0.15, 0.2) is 0 Å². The standard InChI is InChI=1S/C14H17N3O/c1-2-17-11-13(10-16-17)8-14(18)6-5-12-4-3-7-15-9-12/h3-4,7,9-11H,2,5-6,8H2,1H3. The summed E-state index contributed by atoms with van der Waals surface area (Å²) in [4.78, 5) is 15.9. The van der Waals surface area contributed by atoms with Crippen LogP contribution in [0.3, 0.4) is 0 Å². The van der Waals surface area contributed by atoms with Crippen LogP contribution in [0.5, 0.6) is 0 Å². The number of carbonyl (C=O) groups is 1. The normalized spacial score (nSPS) is 10.5. The summed E-state index contributed by atoms with van der Waals surface area (Å²) >= 11 is 0. The van der Waals surface area contributed by atoms with Crippen molar-refractivity contribution in [2.45, 2.75) is 32.7 Å². The molecule has 0 aromatic carbocycles. The summed E-state index contributed by atoms with van der Waals surface area (Å²) in [7, 11) is 0. The van der Waals surface area contributed by atoms with E-state index in [1.54, 1.807) is 12.4 Å². The molecule has 0 spiro atoms. The summed E-state index contributed by atoms with van der Waals surface area (Å²) < 4.78 is 1.84. The summed E-state index contributed by atoms with van der Waals surface area (Å²) in [6.07, 6.45) is 9.04. The minimum atomic E-state index is 0.245. The summed E-state index contributed by atoms with van der Waals surface area (Å²) in [5.41, 5.74) is 2.10. The second kappa shape index (κ2) is 6.10. The largest absolute Gasteiger partial charge is 0.299 e. The van der Waals surface area contributed by atoms with Crippen LogP contribution in [0.15, 0.2) is 36.9 Å². The zero-order valence-corrected chi connectivity index (χ0v) is 10.5. The van der Waals surface area contributed by atoms with E-state index < -0.39 is 0 Å². The van der Waals surface area contributed by atoms with Crippen LogP contribution in [0.4, 0.5) is 0 Å². The van der Waals surface area contributed by atoms with Crippen molar-refractivity contribution in [2.75, 3.05) is 0 Å². The third kappa shape index (κ3) is 3.52. The lowest BCUT2D eigenvalue weighted by Crippen LogP contribution is -2.04. The fourth-order valence-corrected chi connectivity index (χ4v) is 1.82. The molecular formula is C14H17N3O. The minimum Gasteiger partial charge on any atom is -0.299 e. The van der Waals surface area contributed by atoms with Crippen molar-refractivity contribution in [3.8, 4) is 0 Å². The molecule has 0 aliphatic rings. The molecule has 0 amide bonds. The quantitative estimate of drug-likeness (QED) is 0.780. The van der Waals surface area contributed by atoms with E-state index in [1.807, 2.05) is 36.1 Å². The van der Waals surface area contributed by atoms with Gasteiger partial charge >= 0.3 is 0 Å². The predicted octanol–water partition coefficient (Wildman–Crippen LogP) is 2.04. The lowest BCUT2D eigenvalue weighted by Gasteiger charge is -1.99. The van der Waals surface area contributed by atoms with Gasteiger partial charge in [-0.3, -0.25) is 14.5 Å². The molecule has 4 heteroatoms. The van der Waals surface area contributed by atoms with Crippen LogP contribution < -0.4 is 0 Å². The average Bonchev–Trinajstić information content (AvgIpc) is 2.85. The first-order chi connectivity index (χ1) is 8.78. The molecule has 0 aliphatic carbocycles. The molecule has 2 heterocycles. The highest BCUT2D eigenvalue weighted by Gasteiger charge is 2.06. The molecule has 0 saturated carbocycles. The Bertz CT molecular complexity index is 505. The van der Waals surface area contributed by atoms with E-state index in [0.29, 0.717) is 12.8 Å². The molecular weight excluding hydrogens is 226 g/mol. The molecule has 2 rings (SSSR count). The van der Waals surface area contributed by atoms with Crippen molar-refractivity contribution >= 4 is 5.78 Å². The highest BCUT2D eigenvalue weighted by Crippen LogP contribution is 2.05. The first-order valence-corrected chi connectivity index (χ1v) is 6.20. The fraction of sp³-hybridized carbons (Fsp3) is 0.357. The van der Waals surface area contributed by atoms with Gasteiger partial charge in [-0.2, -0.15) is 5.10 Å². The first-order valence-electron chi connectivity index (χ1n) is 6.20. The number of aromatic nitrogens is 3. The SMILES string of the molecule is CCn1cc(CC(=O)CCc2cccnc2)cn1. The molecule has 0 unspecified atom stereocenters. The predicted molar refractivity (Wildman–Crippen MR) is 69.2 cm³/mol. The van der Waals surface area contributed by atoms with E-state index in [1.165, 1.54) is 0 Å². The molecule has 0 bridgehead atoms. The second-order valence-electron chi connectivity index (χ2n) is 4.28. The maximum Gasteiger partial charge on any atom is 0.137 e. The van der Waals surface area contributed by atoms with Gasteiger partial charge < -0.3 is 0 Å². The van der Waals surface area contributed by atoms with Crippen LogP contribution in [-0.4, -0.2) is 20.5 Å². The summed E-state index contributed by atoms with van der Waals surface area (Å²) in [6.45, 7) is 2.87. The van der Waals surface area contributed by atoms with E-state index >= 15 is 0 Å². The molecule has 0 atom stereocenters. The second-order valence-corrected chi connectivity index (χ2v) is 4.28. The van der Waals surface area contributed by atoms with Crippen molar-refractivity contribution < 1.29 is 4.79 Å². The number of pyridine rings is 1. The van der Waals surface area contributed by atoms with Gasteiger partial charge in [-0.15, -0.1) is 0 Å². The number of aryl methyl sites for hydroxylation is 2. The third-order valence-corrected chi connectivity index (χ3v) is 2.83. The molecule has 2 aromatic rings. The number of Topliss-reactive ketones (excluding diaryl/α,β-unsaturated/α-hetero) is 1. The summed E-state index contributed by atoms with van der Waals surface area (Å²) in [5, 5.41) is 4.16. The van der Waals surface area contributed by atoms with Gasteiger partial charge in [0.1, 0.15) is 5.78 Å². The zero-order valence-electron chi connectivity index (χ0n) is 10.5. The van der Waals surface area contributed by atoms with Crippen LogP contribution in [0.1, 0.15) is 24.5 Å². The zero-order chi connectivity index (χ0) is 12.8. The highest BCUT2D eigenvalue weighted by molar-refractivity contribution is 5.80. The smallest absolute Gasteiger partial charge is 0.137 e. The van der Waals surface area contributed by atoms with Crippen LogP contribution in [-0.2, 0) is 24.2 Å². The number of hydrogen-bond acceptors (Lipinski definition) is 3. The molecule has 0 saturated heterocycles. The lowest BCUT2D eigenvalue weighted by atomic mass is 10.1. The molecule has 0 N–H and O–H groups in total. The Morgan fingerprint density at radius 3 is 2.89 bits per heavy atom. The molecule has 0 aliphatic heterocycles. The molecule has 0 radical (unpaired) electrons. The molecule has 94 valence electrons. The number of carbonyl (C=O) groups excluding carboxylic acids is 1. The van der Waals surface area contributed by atoms with E-state index in [0.717, 1.165) is 24.1 Å². The average molecular weight is 243 g/mol. The van der Waals surface area contributed by atoms with Gasteiger partial charge in [-0.25, -0.2) is 0 Å². The Hall–Kier alpha value is -1.97. The Morgan fingerprint density at radius 2 is 2.22 bits per heavy atom.